The Morgan fingerprint density at radius 3 is 2.74 bits per heavy atom. The molecule has 0 atom stereocenters. The number of aromatic nitrogens is 6. The van der Waals surface area contributed by atoms with Gasteiger partial charge in [0, 0.05) is 17.1 Å². The molecule has 0 aromatic carbocycles. The zero-order chi connectivity index (χ0) is 23.9. The van der Waals surface area contributed by atoms with Crippen LogP contribution in [0, 0.1) is 6.92 Å². The number of thiazole rings is 1. The summed E-state index contributed by atoms with van der Waals surface area (Å²) in [4.78, 5) is 21.4. The van der Waals surface area contributed by atoms with Crippen LogP contribution in [0.2, 0.25) is 0 Å². The predicted octanol–water partition coefficient (Wildman–Crippen LogP) is 3.94. The standard InChI is InChI=1S/C24H26N8O2S/c1-15-10-30(14-25-15)21-9-8-19(26-22(21)33-2)20-13-35-24(27-20)31-11-16(29-34-3)12-32-23(31)17-6-4-5-7-18(17)28-32/h8-10,13-14H,4-7,11-12H2,1-3H3/b29-16+. The number of nitrogens with zero attached hydrogens (tertiary/aromatic N) is 8. The molecule has 0 saturated heterocycles. The van der Waals surface area contributed by atoms with Crippen molar-refractivity contribution in [1.29, 1.82) is 0 Å². The summed E-state index contributed by atoms with van der Waals surface area (Å²) in [5.74, 6) is 1.65. The first kappa shape index (κ1) is 21.8. The quantitative estimate of drug-likeness (QED) is 0.391. The Kier molecular flexibility index (Phi) is 5.48. The van der Waals surface area contributed by atoms with Crippen LogP contribution in [0.25, 0.3) is 17.1 Å². The molecule has 5 heterocycles. The number of methoxy groups -OCH3 is 1. The number of ether oxygens (including phenoxy) is 1. The first-order valence-corrected chi connectivity index (χ1v) is 12.5. The van der Waals surface area contributed by atoms with Gasteiger partial charge in [0.25, 0.3) is 0 Å². The van der Waals surface area contributed by atoms with Crippen LogP contribution in [0.15, 0.2) is 35.2 Å². The maximum absolute atomic E-state index is 5.60. The van der Waals surface area contributed by atoms with E-state index in [0.29, 0.717) is 19.0 Å². The van der Waals surface area contributed by atoms with Gasteiger partial charge < -0.3 is 14.1 Å². The van der Waals surface area contributed by atoms with E-state index in [1.165, 1.54) is 24.1 Å². The highest BCUT2D eigenvalue weighted by Gasteiger charge is 2.32. The van der Waals surface area contributed by atoms with Gasteiger partial charge in [-0.2, -0.15) is 5.10 Å². The van der Waals surface area contributed by atoms with Crippen LogP contribution in [-0.2, 0) is 24.2 Å². The molecule has 35 heavy (non-hydrogen) atoms. The average molecular weight is 491 g/mol. The second kappa shape index (κ2) is 8.81. The van der Waals surface area contributed by atoms with E-state index in [1.807, 2.05) is 35.2 Å². The molecule has 0 unspecified atom stereocenters. The number of pyridine rings is 1. The van der Waals surface area contributed by atoms with E-state index in [0.717, 1.165) is 52.3 Å². The number of rotatable bonds is 5. The number of anilines is 2. The van der Waals surface area contributed by atoms with Gasteiger partial charge in [-0.25, -0.2) is 19.6 Å². The van der Waals surface area contributed by atoms with Crippen LogP contribution < -0.4 is 9.64 Å². The monoisotopic (exact) mass is 490 g/mol. The first-order valence-electron chi connectivity index (χ1n) is 11.6. The number of oxime groups is 1. The van der Waals surface area contributed by atoms with Gasteiger partial charge in [-0.1, -0.05) is 5.16 Å². The lowest BCUT2D eigenvalue weighted by Gasteiger charge is -2.29. The number of aryl methyl sites for hydroxylation is 2. The van der Waals surface area contributed by atoms with Crippen LogP contribution in [0.4, 0.5) is 10.9 Å². The minimum Gasteiger partial charge on any atom is -0.479 e. The topological polar surface area (TPSA) is 95.5 Å². The van der Waals surface area contributed by atoms with Crippen molar-refractivity contribution in [3.05, 3.63) is 47.0 Å². The van der Waals surface area contributed by atoms with Crippen LogP contribution in [0.1, 0.15) is 29.8 Å². The van der Waals surface area contributed by atoms with Gasteiger partial charge in [-0.15, -0.1) is 11.3 Å². The minimum absolute atomic E-state index is 0.522. The summed E-state index contributed by atoms with van der Waals surface area (Å²) >= 11 is 1.59. The SMILES string of the molecule is CO/N=C1\CN(c2nc(-c3ccc(-n4cnc(C)c4)c(OC)n3)cs2)c2c3c(nn2C1)CCCC3. The Labute approximate surface area is 206 Å². The molecule has 0 N–H and O–H groups in total. The first-order chi connectivity index (χ1) is 17.1. The van der Waals surface area contributed by atoms with Gasteiger partial charge >= 0.3 is 0 Å². The van der Waals surface area contributed by atoms with Crippen molar-refractivity contribution in [3.8, 4) is 23.0 Å². The fourth-order valence-corrected chi connectivity index (χ4v) is 5.63. The van der Waals surface area contributed by atoms with Gasteiger partial charge in [0.05, 0.1) is 49.3 Å². The third-order valence-electron chi connectivity index (χ3n) is 6.35. The molecule has 4 aromatic rings. The van der Waals surface area contributed by atoms with Crippen molar-refractivity contribution in [2.45, 2.75) is 39.2 Å². The van der Waals surface area contributed by atoms with Crippen molar-refractivity contribution >= 4 is 28.0 Å². The predicted molar refractivity (Wildman–Crippen MR) is 134 cm³/mol. The molecule has 180 valence electrons. The lowest BCUT2D eigenvalue weighted by molar-refractivity contribution is 0.211. The third kappa shape index (κ3) is 3.85. The highest BCUT2D eigenvalue weighted by molar-refractivity contribution is 7.14. The van der Waals surface area contributed by atoms with Crippen LogP contribution >= 0.6 is 11.3 Å². The molecule has 0 fully saturated rings. The van der Waals surface area contributed by atoms with Gasteiger partial charge in [-0.3, -0.25) is 4.90 Å². The molecule has 0 radical (unpaired) electrons. The molecule has 1 aliphatic carbocycles. The van der Waals surface area contributed by atoms with Gasteiger partial charge in [-0.05, 0) is 44.7 Å². The van der Waals surface area contributed by atoms with Crippen molar-refractivity contribution in [3.63, 3.8) is 0 Å². The van der Waals surface area contributed by atoms with E-state index in [2.05, 4.69) is 19.7 Å². The van der Waals surface area contributed by atoms with Crippen molar-refractivity contribution in [2.24, 2.45) is 5.16 Å². The molecule has 1 aliphatic heterocycles. The maximum Gasteiger partial charge on any atom is 0.238 e. The lowest BCUT2D eigenvalue weighted by Crippen LogP contribution is -2.36. The Morgan fingerprint density at radius 1 is 1.06 bits per heavy atom. The molecule has 10 nitrogen and oxygen atoms in total. The van der Waals surface area contributed by atoms with E-state index in [4.69, 9.17) is 24.6 Å². The van der Waals surface area contributed by atoms with Crippen molar-refractivity contribution in [2.75, 3.05) is 25.7 Å². The fourth-order valence-electron chi connectivity index (χ4n) is 4.81. The Balaban J connectivity index is 1.37. The van der Waals surface area contributed by atoms with E-state index in [1.54, 1.807) is 31.9 Å². The molecule has 2 aliphatic rings. The maximum atomic E-state index is 5.60. The Morgan fingerprint density at radius 2 is 1.94 bits per heavy atom. The fraction of sp³-hybridized carbons (Fsp3) is 0.375. The van der Waals surface area contributed by atoms with E-state index in [9.17, 15) is 0 Å². The Bertz CT molecular complexity index is 1420. The summed E-state index contributed by atoms with van der Waals surface area (Å²) < 4.78 is 9.56. The zero-order valence-corrected chi connectivity index (χ0v) is 20.7. The third-order valence-corrected chi connectivity index (χ3v) is 7.22. The molecule has 0 bridgehead atoms. The highest BCUT2D eigenvalue weighted by atomic mass is 32.1. The average Bonchev–Trinajstić information content (AvgIpc) is 3.61. The second-order valence-corrected chi connectivity index (χ2v) is 9.54. The molecule has 0 amide bonds. The molecular formula is C24H26N8O2S. The molecule has 11 heteroatoms. The van der Waals surface area contributed by atoms with Crippen LogP contribution in [-0.4, -0.2) is 55.8 Å². The molecule has 0 saturated carbocycles. The summed E-state index contributed by atoms with van der Waals surface area (Å²) in [5.41, 5.74) is 6.76. The molecule has 0 spiro atoms. The normalized spacial score (nSPS) is 16.3. The number of imidazole rings is 1. The minimum atomic E-state index is 0.522. The van der Waals surface area contributed by atoms with Crippen LogP contribution in [0.3, 0.4) is 0 Å². The van der Waals surface area contributed by atoms with Gasteiger partial charge in [0.2, 0.25) is 5.88 Å². The summed E-state index contributed by atoms with van der Waals surface area (Å²) in [6.45, 7) is 3.21. The van der Waals surface area contributed by atoms with Gasteiger partial charge in [0.1, 0.15) is 24.3 Å². The van der Waals surface area contributed by atoms with Crippen molar-refractivity contribution < 1.29 is 9.57 Å². The number of hydrogen-bond donors (Lipinski definition) is 0. The smallest absolute Gasteiger partial charge is 0.238 e. The van der Waals surface area contributed by atoms with Crippen molar-refractivity contribution in [1.82, 2.24) is 29.3 Å². The summed E-state index contributed by atoms with van der Waals surface area (Å²) in [6.07, 6.45) is 8.15. The molecular weight excluding hydrogens is 464 g/mol. The highest BCUT2D eigenvalue weighted by Crippen LogP contribution is 2.39. The number of fused-ring (bicyclic) bond motifs is 3. The van der Waals surface area contributed by atoms with E-state index in [-0.39, 0.29) is 0 Å². The van der Waals surface area contributed by atoms with Crippen LogP contribution in [0.5, 0.6) is 5.88 Å². The summed E-state index contributed by atoms with van der Waals surface area (Å²) in [5, 5.41) is 12.1. The van der Waals surface area contributed by atoms with E-state index >= 15 is 0 Å². The Hall–Kier alpha value is -3.73. The summed E-state index contributed by atoms with van der Waals surface area (Å²) in [6, 6.07) is 3.95. The van der Waals surface area contributed by atoms with E-state index < -0.39 is 0 Å². The largest absolute Gasteiger partial charge is 0.479 e. The number of hydrogen-bond acceptors (Lipinski definition) is 9. The summed E-state index contributed by atoms with van der Waals surface area (Å²) in [7, 11) is 3.21. The lowest BCUT2D eigenvalue weighted by atomic mass is 9.97. The second-order valence-electron chi connectivity index (χ2n) is 8.70. The molecule has 4 aromatic heterocycles. The zero-order valence-electron chi connectivity index (χ0n) is 19.9. The van der Waals surface area contributed by atoms with Gasteiger partial charge in [0.15, 0.2) is 5.13 Å². The molecule has 6 rings (SSSR count).